The van der Waals surface area contributed by atoms with Crippen molar-refractivity contribution in [3.63, 3.8) is 0 Å². The monoisotopic (exact) mass is 312 g/mol. The number of nitrogens with one attached hydrogen (secondary N) is 2. The van der Waals surface area contributed by atoms with Gasteiger partial charge >= 0.3 is 6.09 Å². The Morgan fingerprint density at radius 3 is 2.45 bits per heavy atom. The highest BCUT2D eigenvalue weighted by Gasteiger charge is 2.25. The average molecular weight is 312 g/mol. The molecule has 1 unspecified atom stereocenters. The van der Waals surface area contributed by atoms with E-state index in [1.165, 1.54) is 51.4 Å². The van der Waals surface area contributed by atoms with Gasteiger partial charge in [0.05, 0.1) is 0 Å². The zero-order valence-electron chi connectivity index (χ0n) is 15.0. The molecular formula is C18H36N2O2. The number of carbonyl (C=O) groups excluding carboxylic acids is 1. The highest BCUT2D eigenvalue weighted by Crippen LogP contribution is 2.27. The zero-order chi connectivity index (χ0) is 16.4. The lowest BCUT2D eigenvalue weighted by Gasteiger charge is -2.26. The first kappa shape index (κ1) is 19.3. The summed E-state index contributed by atoms with van der Waals surface area (Å²) in [6, 6.07) is 0.386. The summed E-state index contributed by atoms with van der Waals surface area (Å²) in [4.78, 5) is 11.8. The van der Waals surface area contributed by atoms with Crippen molar-refractivity contribution in [1.29, 1.82) is 0 Å². The highest BCUT2D eigenvalue weighted by atomic mass is 16.6. The number of carbonyl (C=O) groups is 1. The second kappa shape index (κ2) is 10.1. The topological polar surface area (TPSA) is 50.4 Å². The molecule has 1 saturated carbocycles. The van der Waals surface area contributed by atoms with Crippen molar-refractivity contribution >= 4 is 6.09 Å². The van der Waals surface area contributed by atoms with Crippen LogP contribution in [0.5, 0.6) is 0 Å². The summed E-state index contributed by atoms with van der Waals surface area (Å²) in [6.45, 7) is 9.65. The molecule has 1 rings (SSSR count). The molecule has 0 bridgehead atoms. The van der Waals surface area contributed by atoms with E-state index in [4.69, 9.17) is 4.74 Å². The van der Waals surface area contributed by atoms with Gasteiger partial charge in [-0.1, -0.05) is 39.0 Å². The van der Waals surface area contributed by atoms with Gasteiger partial charge in [-0.2, -0.15) is 0 Å². The summed E-state index contributed by atoms with van der Waals surface area (Å²) < 4.78 is 5.33. The molecule has 0 aromatic heterocycles. The summed E-state index contributed by atoms with van der Waals surface area (Å²) in [5, 5.41) is 6.61. The van der Waals surface area contributed by atoms with Crippen LogP contribution in [0.2, 0.25) is 0 Å². The van der Waals surface area contributed by atoms with E-state index in [9.17, 15) is 4.79 Å². The maximum absolute atomic E-state index is 11.8. The van der Waals surface area contributed by atoms with Crippen molar-refractivity contribution in [1.82, 2.24) is 10.6 Å². The number of hydrogen-bond donors (Lipinski definition) is 2. The third-order valence-corrected chi connectivity index (χ3v) is 4.27. The Kier molecular flexibility index (Phi) is 8.84. The first-order valence-electron chi connectivity index (χ1n) is 9.12. The van der Waals surface area contributed by atoms with Crippen LogP contribution in [0.4, 0.5) is 4.79 Å². The molecule has 4 nitrogen and oxygen atoms in total. The van der Waals surface area contributed by atoms with Gasteiger partial charge in [0, 0.05) is 12.6 Å². The van der Waals surface area contributed by atoms with E-state index >= 15 is 0 Å². The third kappa shape index (κ3) is 8.62. The summed E-state index contributed by atoms with van der Waals surface area (Å²) in [6.07, 6.45) is 10.0. The molecule has 0 heterocycles. The molecule has 2 N–H and O–H groups in total. The van der Waals surface area contributed by atoms with Crippen LogP contribution in [-0.4, -0.2) is 30.8 Å². The van der Waals surface area contributed by atoms with Crippen LogP contribution in [0.25, 0.3) is 0 Å². The average Bonchev–Trinajstić information content (AvgIpc) is 2.93. The van der Waals surface area contributed by atoms with Crippen LogP contribution >= 0.6 is 0 Å². The van der Waals surface area contributed by atoms with Gasteiger partial charge in [0.15, 0.2) is 0 Å². The molecule has 1 fully saturated rings. The quantitative estimate of drug-likeness (QED) is 0.626. The Morgan fingerprint density at radius 2 is 1.86 bits per heavy atom. The van der Waals surface area contributed by atoms with E-state index in [1.807, 2.05) is 20.8 Å². The van der Waals surface area contributed by atoms with Gasteiger partial charge in [-0.3, -0.25) is 0 Å². The van der Waals surface area contributed by atoms with Crippen molar-refractivity contribution in [2.75, 3.05) is 13.1 Å². The SMILES string of the molecule is CCCCCCNC(CNC(=O)OC(C)(C)C)C1CCCC1. The molecule has 0 radical (unpaired) electrons. The summed E-state index contributed by atoms with van der Waals surface area (Å²) in [7, 11) is 0. The highest BCUT2D eigenvalue weighted by molar-refractivity contribution is 5.67. The van der Waals surface area contributed by atoms with E-state index in [0.29, 0.717) is 18.5 Å². The molecule has 0 aliphatic heterocycles. The minimum Gasteiger partial charge on any atom is -0.444 e. The molecule has 130 valence electrons. The summed E-state index contributed by atoms with van der Waals surface area (Å²) in [5.74, 6) is 0.695. The lowest BCUT2D eigenvalue weighted by Crippen LogP contribution is -2.46. The summed E-state index contributed by atoms with van der Waals surface area (Å²) in [5.41, 5.74) is -0.430. The molecule has 0 aromatic carbocycles. The molecule has 1 amide bonds. The van der Waals surface area contributed by atoms with Crippen LogP contribution in [0.15, 0.2) is 0 Å². The van der Waals surface area contributed by atoms with Crippen molar-refractivity contribution in [3.8, 4) is 0 Å². The first-order valence-corrected chi connectivity index (χ1v) is 9.12. The first-order chi connectivity index (χ1) is 10.4. The molecule has 0 aromatic rings. The van der Waals surface area contributed by atoms with Crippen LogP contribution in [0.1, 0.15) is 79.1 Å². The molecule has 22 heavy (non-hydrogen) atoms. The molecule has 1 aliphatic rings. The zero-order valence-corrected chi connectivity index (χ0v) is 15.0. The van der Waals surface area contributed by atoms with Gasteiger partial charge < -0.3 is 15.4 Å². The predicted molar refractivity (Wildman–Crippen MR) is 92.1 cm³/mol. The van der Waals surface area contributed by atoms with Gasteiger partial charge in [0.25, 0.3) is 0 Å². The minimum atomic E-state index is -0.430. The van der Waals surface area contributed by atoms with Gasteiger partial charge in [-0.25, -0.2) is 4.79 Å². The van der Waals surface area contributed by atoms with Gasteiger partial charge in [-0.05, 0) is 52.5 Å². The van der Waals surface area contributed by atoms with Crippen molar-refractivity contribution in [3.05, 3.63) is 0 Å². The van der Waals surface area contributed by atoms with Crippen LogP contribution in [0.3, 0.4) is 0 Å². The Hall–Kier alpha value is -0.770. The number of rotatable bonds is 9. The largest absolute Gasteiger partial charge is 0.444 e. The van der Waals surface area contributed by atoms with Crippen LogP contribution in [-0.2, 0) is 4.74 Å². The second-order valence-electron chi connectivity index (χ2n) is 7.55. The molecule has 1 atom stereocenters. The number of unbranched alkanes of at least 4 members (excludes halogenated alkanes) is 3. The fourth-order valence-electron chi connectivity index (χ4n) is 3.11. The van der Waals surface area contributed by atoms with E-state index < -0.39 is 5.60 Å². The van der Waals surface area contributed by atoms with Crippen molar-refractivity contribution in [2.45, 2.75) is 90.7 Å². The Morgan fingerprint density at radius 1 is 1.18 bits per heavy atom. The van der Waals surface area contributed by atoms with Crippen molar-refractivity contribution in [2.24, 2.45) is 5.92 Å². The fourth-order valence-corrected chi connectivity index (χ4v) is 3.11. The van der Waals surface area contributed by atoms with E-state index in [-0.39, 0.29) is 6.09 Å². The van der Waals surface area contributed by atoms with Gasteiger partial charge in [0.1, 0.15) is 5.60 Å². The van der Waals surface area contributed by atoms with E-state index in [0.717, 1.165) is 6.54 Å². The van der Waals surface area contributed by atoms with Crippen LogP contribution < -0.4 is 10.6 Å². The second-order valence-corrected chi connectivity index (χ2v) is 7.55. The number of hydrogen-bond acceptors (Lipinski definition) is 3. The molecule has 0 spiro atoms. The molecular weight excluding hydrogens is 276 g/mol. The van der Waals surface area contributed by atoms with Gasteiger partial charge in [0.2, 0.25) is 0 Å². The smallest absolute Gasteiger partial charge is 0.407 e. The minimum absolute atomic E-state index is 0.303. The molecule has 1 aliphatic carbocycles. The summed E-state index contributed by atoms with van der Waals surface area (Å²) >= 11 is 0. The number of amides is 1. The predicted octanol–water partition coefficient (Wildman–Crippen LogP) is 4.24. The van der Waals surface area contributed by atoms with Crippen LogP contribution in [0, 0.1) is 5.92 Å². The lowest BCUT2D eigenvalue weighted by molar-refractivity contribution is 0.0518. The Balaban J connectivity index is 2.33. The normalized spacial score (nSPS) is 17.5. The number of ether oxygens (including phenoxy) is 1. The fraction of sp³-hybridized carbons (Fsp3) is 0.944. The van der Waals surface area contributed by atoms with Crippen molar-refractivity contribution < 1.29 is 9.53 Å². The van der Waals surface area contributed by atoms with Gasteiger partial charge in [-0.15, -0.1) is 0 Å². The maximum Gasteiger partial charge on any atom is 0.407 e. The van der Waals surface area contributed by atoms with E-state index in [2.05, 4.69) is 17.6 Å². The lowest BCUT2D eigenvalue weighted by atomic mass is 9.98. The maximum atomic E-state index is 11.8. The standard InChI is InChI=1S/C18H36N2O2/c1-5-6-7-10-13-19-16(15-11-8-9-12-15)14-20-17(21)22-18(2,3)4/h15-16,19H,5-14H2,1-4H3,(H,20,21). The number of alkyl carbamates (subject to hydrolysis) is 1. The molecule has 0 saturated heterocycles. The Bertz CT molecular complexity index is 307. The van der Waals surface area contributed by atoms with E-state index in [1.54, 1.807) is 0 Å². The molecule has 4 heteroatoms. The third-order valence-electron chi connectivity index (χ3n) is 4.27. The Labute approximate surface area is 136 Å².